The van der Waals surface area contributed by atoms with Crippen molar-refractivity contribution in [3.05, 3.63) is 35.6 Å². The molecule has 3 heteroatoms. The van der Waals surface area contributed by atoms with E-state index in [9.17, 15) is 9.18 Å². The molecule has 1 aromatic carbocycles. The van der Waals surface area contributed by atoms with Gasteiger partial charge in [0.15, 0.2) is 5.78 Å². The van der Waals surface area contributed by atoms with Gasteiger partial charge < -0.3 is 5.73 Å². The lowest BCUT2D eigenvalue weighted by Gasteiger charge is -2.27. The fourth-order valence-corrected chi connectivity index (χ4v) is 2.43. The first kappa shape index (κ1) is 11.3. The summed E-state index contributed by atoms with van der Waals surface area (Å²) in [5.74, 6) is -0.608. The fraction of sp³-hybridized carbons (Fsp3) is 0.462. The molecule has 86 valence electrons. The van der Waals surface area contributed by atoms with E-state index >= 15 is 0 Å². The second-order valence-electron chi connectivity index (χ2n) is 4.73. The van der Waals surface area contributed by atoms with Gasteiger partial charge in [0.05, 0.1) is 5.56 Å². The van der Waals surface area contributed by atoms with E-state index in [2.05, 4.69) is 0 Å². The molecule has 0 aliphatic heterocycles. The molecule has 1 saturated carbocycles. The topological polar surface area (TPSA) is 43.1 Å². The number of rotatable bonds is 2. The second-order valence-corrected chi connectivity index (χ2v) is 4.73. The quantitative estimate of drug-likeness (QED) is 0.780. The van der Waals surface area contributed by atoms with Crippen LogP contribution in [0.3, 0.4) is 0 Å². The molecule has 2 N–H and O–H groups in total. The standard InChI is InChI=1S/C13H16FNO/c1-13(8-4-7-11(13)15)12(16)9-5-2-3-6-10(9)14/h2-3,5-6,11H,4,7-8,15H2,1H3. The number of carbonyl (C=O) groups excluding carboxylic acids is 1. The maximum Gasteiger partial charge on any atom is 0.173 e. The molecule has 1 aliphatic carbocycles. The molecule has 1 aliphatic rings. The summed E-state index contributed by atoms with van der Waals surface area (Å²) in [4.78, 5) is 12.3. The second kappa shape index (κ2) is 3.98. The first-order valence-electron chi connectivity index (χ1n) is 5.60. The van der Waals surface area contributed by atoms with E-state index in [4.69, 9.17) is 5.73 Å². The predicted molar refractivity (Wildman–Crippen MR) is 60.7 cm³/mol. The third-order valence-electron chi connectivity index (χ3n) is 3.67. The van der Waals surface area contributed by atoms with E-state index < -0.39 is 11.2 Å². The first-order valence-corrected chi connectivity index (χ1v) is 5.60. The minimum Gasteiger partial charge on any atom is -0.327 e. The van der Waals surface area contributed by atoms with E-state index in [0.29, 0.717) is 0 Å². The summed E-state index contributed by atoms with van der Waals surface area (Å²) in [7, 11) is 0. The van der Waals surface area contributed by atoms with Crippen LogP contribution >= 0.6 is 0 Å². The van der Waals surface area contributed by atoms with Crippen molar-refractivity contribution in [1.82, 2.24) is 0 Å². The Kier molecular flexibility index (Phi) is 2.80. The van der Waals surface area contributed by atoms with Gasteiger partial charge in [-0.2, -0.15) is 0 Å². The third kappa shape index (κ3) is 1.65. The van der Waals surface area contributed by atoms with Crippen molar-refractivity contribution < 1.29 is 9.18 Å². The van der Waals surface area contributed by atoms with Gasteiger partial charge in [0.25, 0.3) is 0 Å². The highest BCUT2D eigenvalue weighted by atomic mass is 19.1. The van der Waals surface area contributed by atoms with E-state index in [1.807, 2.05) is 6.92 Å². The van der Waals surface area contributed by atoms with Gasteiger partial charge in [-0.1, -0.05) is 25.5 Å². The summed E-state index contributed by atoms with van der Waals surface area (Å²) >= 11 is 0. The number of benzene rings is 1. The number of nitrogens with two attached hydrogens (primary N) is 1. The molecule has 0 bridgehead atoms. The highest BCUT2D eigenvalue weighted by Crippen LogP contribution is 2.39. The van der Waals surface area contributed by atoms with Gasteiger partial charge >= 0.3 is 0 Å². The van der Waals surface area contributed by atoms with E-state index in [-0.39, 0.29) is 17.4 Å². The molecule has 0 amide bonds. The van der Waals surface area contributed by atoms with Crippen LogP contribution in [0.4, 0.5) is 4.39 Å². The van der Waals surface area contributed by atoms with Gasteiger partial charge in [0.2, 0.25) is 0 Å². The van der Waals surface area contributed by atoms with Gasteiger partial charge in [-0.25, -0.2) is 4.39 Å². The molecule has 16 heavy (non-hydrogen) atoms. The SMILES string of the molecule is CC1(C(=O)c2ccccc2F)CCCC1N. The van der Waals surface area contributed by atoms with E-state index in [0.717, 1.165) is 19.3 Å². The number of Topliss-reactive ketones (excluding diaryl/α,β-unsaturated/α-hetero) is 1. The van der Waals surface area contributed by atoms with Gasteiger partial charge in [-0.15, -0.1) is 0 Å². The fourth-order valence-electron chi connectivity index (χ4n) is 2.43. The molecule has 0 heterocycles. The van der Waals surface area contributed by atoms with Crippen molar-refractivity contribution in [2.75, 3.05) is 0 Å². The van der Waals surface area contributed by atoms with Crippen LogP contribution in [0.15, 0.2) is 24.3 Å². The highest BCUT2D eigenvalue weighted by molar-refractivity contribution is 6.01. The molecule has 0 radical (unpaired) electrons. The molecule has 1 aromatic rings. The Labute approximate surface area is 94.6 Å². The number of halogens is 1. The Morgan fingerprint density at radius 1 is 1.50 bits per heavy atom. The largest absolute Gasteiger partial charge is 0.327 e. The zero-order valence-corrected chi connectivity index (χ0v) is 9.37. The summed E-state index contributed by atoms with van der Waals surface area (Å²) in [6.45, 7) is 1.85. The average molecular weight is 221 g/mol. The molecule has 0 aromatic heterocycles. The summed E-state index contributed by atoms with van der Waals surface area (Å²) in [5, 5.41) is 0. The summed E-state index contributed by atoms with van der Waals surface area (Å²) in [6.07, 6.45) is 2.54. The number of hydrogen-bond donors (Lipinski definition) is 1. The lowest BCUT2D eigenvalue weighted by atomic mass is 9.78. The Balaban J connectivity index is 2.36. The number of ketones is 1. The Hall–Kier alpha value is -1.22. The van der Waals surface area contributed by atoms with Crippen LogP contribution < -0.4 is 5.73 Å². The molecule has 1 fully saturated rings. The Morgan fingerprint density at radius 2 is 2.19 bits per heavy atom. The van der Waals surface area contributed by atoms with Crippen molar-refractivity contribution in [3.63, 3.8) is 0 Å². The minimum atomic E-state index is -0.595. The normalized spacial score (nSPS) is 29.3. The molecule has 2 atom stereocenters. The van der Waals surface area contributed by atoms with Crippen LogP contribution in [0.2, 0.25) is 0 Å². The van der Waals surface area contributed by atoms with Crippen molar-refractivity contribution in [2.24, 2.45) is 11.1 Å². The predicted octanol–water partition coefficient (Wildman–Crippen LogP) is 2.53. The molecule has 2 unspecified atom stereocenters. The van der Waals surface area contributed by atoms with E-state index in [1.165, 1.54) is 12.1 Å². The monoisotopic (exact) mass is 221 g/mol. The molecular weight excluding hydrogens is 205 g/mol. The molecule has 0 saturated heterocycles. The summed E-state index contributed by atoms with van der Waals surface area (Å²) < 4.78 is 13.5. The van der Waals surface area contributed by atoms with Gasteiger partial charge in [-0.05, 0) is 25.0 Å². The molecule has 0 spiro atoms. The summed E-state index contributed by atoms with van der Waals surface area (Å²) in [5.41, 5.74) is 5.53. The van der Waals surface area contributed by atoms with Crippen LogP contribution in [0.25, 0.3) is 0 Å². The Morgan fingerprint density at radius 3 is 2.75 bits per heavy atom. The highest BCUT2D eigenvalue weighted by Gasteiger charge is 2.43. The number of carbonyl (C=O) groups is 1. The van der Waals surface area contributed by atoms with Crippen molar-refractivity contribution in [1.29, 1.82) is 0 Å². The first-order chi connectivity index (χ1) is 7.55. The molecular formula is C13H16FNO. The minimum absolute atomic E-state index is 0.153. The average Bonchev–Trinajstić information content (AvgIpc) is 2.60. The van der Waals surface area contributed by atoms with Crippen molar-refractivity contribution in [2.45, 2.75) is 32.2 Å². The number of hydrogen-bond acceptors (Lipinski definition) is 2. The maximum absolute atomic E-state index is 13.5. The van der Waals surface area contributed by atoms with Crippen molar-refractivity contribution in [3.8, 4) is 0 Å². The zero-order chi connectivity index (χ0) is 11.8. The van der Waals surface area contributed by atoms with Crippen LogP contribution in [0.1, 0.15) is 36.5 Å². The molecule has 2 rings (SSSR count). The zero-order valence-electron chi connectivity index (χ0n) is 9.37. The van der Waals surface area contributed by atoms with Crippen LogP contribution in [-0.4, -0.2) is 11.8 Å². The summed E-state index contributed by atoms with van der Waals surface area (Å²) in [6, 6.07) is 5.97. The van der Waals surface area contributed by atoms with E-state index in [1.54, 1.807) is 12.1 Å². The smallest absolute Gasteiger partial charge is 0.173 e. The van der Waals surface area contributed by atoms with Gasteiger partial charge in [0, 0.05) is 11.5 Å². The van der Waals surface area contributed by atoms with Crippen molar-refractivity contribution >= 4 is 5.78 Å². The maximum atomic E-state index is 13.5. The third-order valence-corrected chi connectivity index (χ3v) is 3.67. The van der Waals surface area contributed by atoms with Gasteiger partial charge in [0.1, 0.15) is 5.82 Å². The van der Waals surface area contributed by atoms with Crippen LogP contribution in [-0.2, 0) is 0 Å². The van der Waals surface area contributed by atoms with Gasteiger partial charge in [-0.3, -0.25) is 4.79 Å². The lowest BCUT2D eigenvalue weighted by molar-refractivity contribution is 0.0798. The van der Waals surface area contributed by atoms with Crippen LogP contribution in [0.5, 0.6) is 0 Å². The lowest BCUT2D eigenvalue weighted by Crippen LogP contribution is -2.41. The Bertz CT molecular complexity index is 418. The molecule has 2 nitrogen and oxygen atoms in total. The van der Waals surface area contributed by atoms with Crippen LogP contribution in [0, 0.1) is 11.2 Å².